The molecule has 0 unspecified atom stereocenters. The van der Waals surface area contributed by atoms with Crippen molar-refractivity contribution in [2.75, 3.05) is 10.8 Å². The number of benzene rings is 3. The summed E-state index contributed by atoms with van der Waals surface area (Å²) in [5.41, 5.74) is 3.56. The zero-order valence-corrected chi connectivity index (χ0v) is 17.7. The fourth-order valence-corrected chi connectivity index (χ4v) is 4.42. The molecule has 1 amide bonds. The van der Waals surface area contributed by atoms with E-state index >= 15 is 0 Å². The van der Waals surface area contributed by atoms with Gasteiger partial charge in [-0.3, -0.25) is 9.10 Å². The van der Waals surface area contributed by atoms with Crippen LogP contribution >= 0.6 is 15.9 Å². The molecule has 0 aromatic heterocycles. The zero-order valence-electron chi connectivity index (χ0n) is 15.3. The van der Waals surface area contributed by atoms with Gasteiger partial charge in [0.15, 0.2) is 0 Å². The maximum atomic E-state index is 13.1. The van der Waals surface area contributed by atoms with Crippen LogP contribution in [0.2, 0.25) is 0 Å². The highest BCUT2D eigenvalue weighted by Crippen LogP contribution is 2.23. The molecule has 1 N–H and O–H groups in total. The maximum absolute atomic E-state index is 13.1. The Balaban J connectivity index is 1.79. The lowest BCUT2D eigenvalue weighted by Crippen LogP contribution is -2.39. The van der Waals surface area contributed by atoms with Crippen LogP contribution in [0.5, 0.6) is 0 Å². The number of hydrogen-bond donors (Lipinski definition) is 1. The number of carbonyl (C=O) groups is 1. The minimum atomic E-state index is -3.92. The van der Waals surface area contributed by atoms with Gasteiger partial charge in [0.1, 0.15) is 6.54 Å². The molecule has 0 heterocycles. The quantitative estimate of drug-likeness (QED) is 0.420. The summed E-state index contributed by atoms with van der Waals surface area (Å²) in [7, 11) is -3.92. The molecule has 148 valence electrons. The van der Waals surface area contributed by atoms with Crippen molar-refractivity contribution >= 4 is 43.8 Å². The summed E-state index contributed by atoms with van der Waals surface area (Å²) in [6.07, 6.45) is 1.49. The van der Waals surface area contributed by atoms with E-state index in [1.54, 1.807) is 48.5 Å². The number of nitrogens with zero attached hydrogens (tertiary/aromatic N) is 2. The minimum Gasteiger partial charge on any atom is -0.271 e. The second-order valence-corrected chi connectivity index (χ2v) is 8.79. The van der Waals surface area contributed by atoms with Crippen molar-refractivity contribution in [3.05, 3.63) is 95.0 Å². The summed E-state index contributed by atoms with van der Waals surface area (Å²) in [6, 6.07) is 23.9. The van der Waals surface area contributed by atoms with E-state index < -0.39 is 22.5 Å². The van der Waals surface area contributed by atoms with E-state index in [2.05, 4.69) is 26.5 Å². The Morgan fingerprint density at radius 3 is 2.28 bits per heavy atom. The lowest BCUT2D eigenvalue weighted by Gasteiger charge is -2.23. The van der Waals surface area contributed by atoms with Crippen LogP contribution in [-0.2, 0) is 14.8 Å². The van der Waals surface area contributed by atoms with Crippen molar-refractivity contribution in [2.45, 2.75) is 4.90 Å². The summed E-state index contributed by atoms with van der Waals surface area (Å²) in [4.78, 5) is 12.5. The van der Waals surface area contributed by atoms with Crippen molar-refractivity contribution in [1.82, 2.24) is 5.43 Å². The second kappa shape index (κ2) is 9.49. The third-order valence-corrected chi connectivity index (χ3v) is 6.20. The molecule has 0 fully saturated rings. The fraction of sp³-hybridized carbons (Fsp3) is 0.0476. The van der Waals surface area contributed by atoms with Gasteiger partial charge in [0.05, 0.1) is 16.8 Å². The number of carbonyl (C=O) groups excluding carboxylic acids is 1. The smallest absolute Gasteiger partial charge is 0.264 e. The molecule has 0 saturated carbocycles. The molecular formula is C21H18BrN3O3S. The number of amides is 1. The Hall–Kier alpha value is -2.97. The summed E-state index contributed by atoms with van der Waals surface area (Å²) in [6.45, 7) is -0.406. The molecule has 0 aliphatic carbocycles. The van der Waals surface area contributed by atoms with E-state index in [0.29, 0.717) is 5.69 Å². The van der Waals surface area contributed by atoms with Crippen LogP contribution in [0, 0.1) is 0 Å². The van der Waals surface area contributed by atoms with Crippen molar-refractivity contribution in [1.29, 1.82) is 0 Å². The van der Waals surface area contributed by atoms with E-state index in [1.165, 1.54) is 18.3 Å². The van der Waals surface area contributed by atoms with E-state index in [-0.39, 0.29) is 4.90 Å². The van der Waals surface area contributed by atoms with Gasteiger partial charge in [-0.1, -0.05) is 64.5 Å². The van der Waals surface area contributed by atoms with Crippen LogP contribution in [0.15, 0.2) is 99.4 Å². The first-order chi connectivity index (χ1) is 14.0. The SMILES string of the molecule is O=C(CN(c1ccccc1)S(=O)(=O)c1ccccc1)N/N=C\c1cccc(Br)c1. The first-order valence-electron chi connectivity index (χ1n) is 8.67. The summed E-state index contributed by atoms with van der Waals surface area (Å²) < 4.78 is 28.2. The number of hydrogen-bond acceptors (Lipinski definition) is 4. The predicted octanol–water partition coefficient (Wildman–Crippen LogP) is 3.79. The molecule has 0 radical (unpaired) electrons. The highest BCUT2D eigenvalue weighted by atomic mass is 79.9. The molecule has 0 bridgehead atoms. The summed E-state index contributed by atoms with van der Waals surface area (Å²) >= 11 is 3.36. The average Bonchev–Trinajstić information content (AvgIpc) is 2.73. The van der Waals surface area contributed by atoms with Crippen molar-refractivity contribution in [3.63, 3.8) is 0 Å². The Morgan fingerprint density at radius 1 is 0.966 bits per heavy atom. The van der Waals surface area contributed by atoms with Crippen LogP contribution in [0.25, 0.3) is 0 Å². The van der Waals surface area contributed by atoms with Gasteiger partial charge in [-0.25, -0.2) is 13.8 Å². The molecule has 0 saturated heterocycles. The highest BCUT2D eigenvalue weighted by molar-refractivity contribution is 9.10. The van der Waals surface area contributed by atoms with Gasteiger partial charge in [0.25, 0.3) is 15.9 Å². The lowest BCUT2D eigenvalue weighted by molar-refractivity contribution is -0.119. The van der Waals surface area contributed by atoms with Gasteiger partial charge < -0.3 is 0 Å². The van der Waals surface area contributed by atoms with Gasteiger partial charge in [-0.2, -0.15) is 5.10 Å². The van der Waals surface area contributed by atoms with Gasteiger partial charge in [-0.15, -0.1) is 0 Å². The molecule has 0 atom stereocenters. The minimum absolute atomic E-state index is 0.106. The lowest BCUT2D eigenvalue weighted by atomic mass is 10.2. The summed E-state index contributed by atoms with van der Waals surface area (Å²) in [5.74, 6) is -0.556. The summed E-state index contributed by atoms with van der Waals surface area (Å²) in [5, 5.41) is 3.92. The van der Waals surface area contributed by atoms with Crippen LogP contribution in [0.1, 0.15) is 5.56 Å². The first-order valence-corrected chi connectivity index (χ1v) is 10.9. The van der Waals surface area contributed by atoms with E-state index in [9.17, 15) is 13.2 Å². The van der Waals surface area contributed by atoms with Crippen molar-refractivity contribution < 1.29 is 13.2 Å². The number of nitrogens with one attached hydrogen (secondary N) is 1. The number of sulfonamides is 1. The van der Waals surface area contributed by atoms with Crippen molar-refractivity contribution in [2.24, 2.45) is 5.10 Å². The monoisotopic (exact) mass is 471 g/mol. The molecule has 8 heteroatoms. The molecule has 0 aliphatic rings. The first kappa shape index (κ1) is 20.8. The van der Waals surface area contributed by atoms with Crippen LogP contribution < -0.4 is 9.73 Å². The van der Waals surface area contributed by atoms with E-state index in [4.69, 9.17) is 0 Å². The number of para-hydroxylation sites is 1. The molecular weight excluding hydrogens is 454 g/mol. The number of anilines is 1. The second-order valence-electron chi connectivity index (χ2n) is 6.01. The van der Waals surface area contributed by atoms with Gasteiger partial charge in [0.2, 0.25) is 0 Å². The van der Waals surface area contributed by atoms with Gasteiger partial charge >= 0.3 is 0 Å². The topological polar surface area (TPSA) is 78.8 Å². The molecule has 3 rings (SSSR count). The number of halogens is 1. The molecule has 3 aromatic rings. The maximum Gasteiger partial charge on any atom is 0.264 e. The molecule has 29 heavy (non-hydrogen) atoms. The average molecular weight is 472 g/mol. The van der Waals surface area contributed by atoms with Crippen LogP contribution in [-0.4, -0.2) is 27.1 Å². The fourth-order valence-electron chi connectivity index (χ4n) is 2.56. The predicted molar refractivity (Wildman–Crippen MR) is 117 cm³/mol. The Kier molecular flexibility index (Phi) is 6.79. The molecule has 0 aliphatic heterocycles. The van der Waals surface area contributed by atoms with Gasteiger partial charge in [-0.05, 0) is 42.0 Å². The Labute approximate surface area is 178 Å². The number of hydrazone groups is 1. The standard InChI is InChI=1S/C21H18BrN3O3S/c22-18-9-7-8-17(14-18)15-23-24-21(26)16-25(19-10-3-1-4-11-19)29(27,28)20-12-5-2-6-13-20/h1-15H,16H2,(H,24,26)/b23-15-. The Bertz CT molecular complexity index is 1100. The number of rotatable bonds is 7. The normalized spacial score (nSPS) is 11.3. The molecule has 6 nitrogen and oxygen atoms in total. The third kappa shape index (κ3) is 5.52. The largest absolute Gasteiger partial charge is 0.271 e. The zero-order chi connectivity index (χ0) is 20.7. The highest BCUT2D eigenvalue weighted by Gasteiger charge is 2.26. The molecule has 0 spiro atoms. The van der Waals surface area contributed by atoms with Crippen LogP contribution in [0.4, 0.5) is 5.69 Å². The van der Waals surface area contributed by atoms with E-state index in [1.807, 2.05) is 24.3 Å². The van der Waals surface area contributed by atoms with Crippen molar-refractivity contribution in [3.8, 4) is 0 Å². The Morgan fingerprint density at radius 2 is 1.62 bits per heavy atom. The third-order valence-electron chi connectivity index (χ3n) is 3.91. The molecule has 3 aromatic carbocycles. The van der Waals surface area contributed by atoms with E-state index in [0.717, 1.165) is 14.3 Å². The van der Waals surface area contributed by atoms with Crippen LogP contribution in [0.3, 0.4) is 0 Å². The van der Waals surface area contributed by atoms with Gasteiger partial charge in [0, 0.05) is 4.47 Å².